The van der Waals surface area contributed by atoms with E-state index in [0.29, 0.717) is 0 Å². The first-order valence-corrected chi connectivity index (χ1v) is 5.11. The first kappa shape index (κ1) is 12.7. The van der Waals surface area contributed by atoms with Gasteiger partial charge >= 0.3 is 12.3 Å². The third kappa shape index (κ3) is 2.26. The highest BCUT2D eigenvalue weighted by Crippen LogP contribution is 2.52. The van der Waals surface area contributed by atoms with Crippen molar-refractivity contribution in [3.05, 3.63) is 29.8 Å². The molecular formula is C11H10F3NO3. The Bertz CT molecular complexity index is 489. The van der Waals surface area contributed by atoms with Gasteiger partial charge in [-0.2, -0.15) is 0 Å². The average Bonchev–Trinajstić information content (AvgIpc) is 2.91. The van der Waals surface area contributed by atoms with E-state index < -0.39 is 29.5 Å². The lowest BCUT2D eigenvalue weighted by Gasteiger charge is -2.14. The zero-order chi connectivity index (χ0) is 13.6. The summed E-state index contributed by atoms with van der Waals surface area (Å²) in [6.07, 6.45) is -4.72. The summed E-state index contributed by atoms with van der Waals surface area (Å²) in [4.78, 5) is 10.9. The van der Waals surface area contributed by atoms with Gasteiger partial charge in [-0.1, -0.05) is 18.2 Å². The summed E-state index contributed by atoms with van der Waals surface area (Å²) in [5.74, 6) is -2.29. The summed E-state index contributed by atoms with van der Waals surface area (Å²) in [5.41, 5.74) is 4.23. The number of rotatable bonds is 3. The molecule has 7 heteroatoms. The fourth-order valence-corrected chi connectivity index (χ4v) is 1.89. The molecule has 1 aliphatic rings. The van der Waals surface area contributed by atoms with Crippen LogP contribution >= 0.6 is 0 Å². The Morgan fingerprint density at radius 1 is 1.44 bits per heavy atom. The molecule has 18 heavy (non-hydrogen) atoms. The minimum atomic E-state index is -4.81. The summed E-state index contributed by atoms with van der Waals surface area (Å²) in [7, 11) is 0. The Kier molecular flexibility index (Phi) is 2.73. The monoisotopic (exact) mass is 261 g/mol. The highest BCUT2D eigenvalue weighted by molar-refractivity contribution is 5.85. The molecule has 2 atom stereocenters. The molecule has 0 heterocycles. The van der Waals surface area contributed by atoms with E-state index >= 15 is 0 Å². The maximum Gasteiger partial charge on any atom is 0.573 e. The van der Waals surface area contributed by atoms with Gasteiger partial charge in [0, 0.05) is 11.5 Å². The second-order valence-electron chi connectivity index (χ2n) is 4.19. The van der Waals surface area contributed by atoms with Crippen LogP contribution in [0.3, 0.4) is 0 Å². The molecule has 1 aromatic rings. The fourth-order valence-electron chi connectivity index (χ4n) is 1.89. The van der Waals surface area contributed by atoms with Crippen LogP contribution in [-0.2, 0) is 4.79 Å². The number of carboxylic acid groups (broad SMARTS) is 1. The number of halogens is 3. The molecule has 0 amide bonds. The Labute approximate surface area is 100 Å². The highest BCUT2D eigenvalue weighted by atomic mass is 19.4. The van der Waals surface area contributed by atoms with Gasteiger partial charge in [0.05, 0.1) is 0 Å². The molecule has 3 N–H and O–H groups in total. The van der Waals surface area contributed by atoms with E-state index in [2.05, 4.69) is 4.74 Å². The Hall–Kier alpha value is -1.76. The number of benzene rings is 1. The van der Waals surface area contributed by atoms with Gasteiger partial charge in [-0.3, -0.25) is 4.79 Å². The Morgan fingerprint density at radius 2 is 2.06 bits per heavy atom. The number of nitrogens with two attached hydrogens (primary N) is 1. The zero-order valence-corrected chi connectivity index (χ0v) is 9.07. The van der Waals surface area contributed by atoms with E-state index in [9.17, 15) is 18.0 Å². The quantitative estimate of drug-likeness (QED) is 0.871. The third-order valence-electron chi connectivity index (χ3n) is 2.92. The summed E-state index contributed by atoms with van der Waals surface area (Å²) >= 11 is 0. The first-order chi connectivity index (χ1) is 8.24. The predicted octanol–water partition coefficient (Wildman–Crippen LogP) is 1.85. The highest BCUT2D eigenvalue weighted by Gasteiger charge is 2.59. The molecule has 0 radical (unpaired) electrons. The van der Waals surface area contributed by atoms with E-state index in [1.807, 2.05) is 0 Å². The second-order valence-corrected chi connectivity index (χ2v) is 4.19. The molecule has 0 aliphatic heterocycles. The van der Waals surface area contributed by atoms with Crippen molar-refractivity contribution >= 4 is 5.97 Å². The number of hydrogen-bond acceptors (Lipinski definition) is 3. The molecule has 0 spiro atoms. The van der Waals surface area contributed by atoms with Gasteiger partial charge < -0.3 is 15.6 Å². The maximum absolute atomic E-state index is 12.2. The van der Waals surface area contributed by atoms with Crippen LogP contribution in [0.15, 0.2) is 24.3 Å². The first-order valence-electron chi connectivity index (χ1n) is 5.11. The van der Waals surface area contributed by atoms with Crippen LogP contribution in [-0.4, -0.2) is 23.0 Å². The van der Waals surface area contributed by atoms with Crippen LogP contribution in [0.5, 0.6) is 5.75 Å². The van der Waals surface area contributed by atoms with Crippen LogP contribution in [0.2, 0.25) is 0 Å². The van der Waals surface area contributed by atoms with E-state index in [1.165, 1.54) is 18.2 Å². The van der Waals surface area contributed by atoms with E-state index in [0.717, 1.165) is 6.07 Å². The molecule has 1 saturated carbocycles. The lowest BCUT2D eigenvalue weighted by atomic mass is 10.1. The zero-order valence-electron chi connectivity index (χ0n) is 9.07. The summed E-state index contributed by atoms with van der Waals surface area (Å²) in [6, 6.07) is 5.43. The molecule has 0 aromatic heterocycles. The van der Waals surface area contributed by atoms with Crippen LogP contribution in [0.4, 0.5) is 13.2 Å². The number of aliphatic carboxylic acids is 1. The largest absolute Gasteiger partial charge is 0.573 e. The van der Waals surface area contributed by atoms with Crippen molar-refractivity contribution in [1.82, 2.24) is 0 Å². The standard InChI is InChI=1S/C11H10F3NO3/c12-11(13,14)18-8-4-2-1-3-6(8)7-5-10(7,15)9(16)17/h1-4,7H,5,15H2,(H,16,17). The minimum absolute atomic E-state index is 0.0978. The summed E-state index contributed by atoms with van der Waals surface area (Å²) in [6.45, 7) is 0. The molecule has 0 bridgehead atoms. The Balaban J connectivity index is 2.28. The van der Waals surface area contributed by atoms with Crippen LogP contribution in [0, 0.1) is 0 Å². The van der Waals surface area contributed by atoms with Gasteiger partial charge in [-0.15, -0.1) is 13.2 Å². The van der Waals surface area contributed by atoms with Crippen molar-refractivity contribution in [1.29, 1.82) is 0 Å². The van der Waals surface area contributed by atoms with Crippen molar-refractivity contribution in [3.63, 3.8) is 0 Å². The van der Waals surface area contributed by atoms with Crippen LogP contribution < -0.4 is 10.5 Å². The second kappa shape index (κ2) is 3.88. The number of carboxylic acids is 1. The van der Waals surface area contributed by atoms with Crippen molar-refractivity contribution < 1.29 is 27.8 Å². The van der Waals surface area contributed by atoms with Crippen molar-refractivity contribution in [2.45, 2.75) is 24.2 Å². The number of carbonyl (C=O) groups is 1. The normalized spacial score (nSPS) is 26.8. The maximum atomic E-state index is 12.2. The lowest BCUT2D eigenvalue weighted by Crippen LogP contribution is -2.34. The SMILES string of the molecule is NC1(C(=O)O)CC1c1ccccc1OC(F)(F)F. The predicted molar refractivity (Wildman–Crippen MR) is 55.0 cm³/mol. The fraction of sp³-hybridized carbons (Fsp3) is 0.364. The molecule has 98 valence electrons. The molecule has 1 fully saturated rings. The van der Waals surface area contributed by atoms with Crippen molar-refractivity contribution in [2.75, 3.05) is 0 Å². The smallest absolute Gasteiger partial charge is 0.480 e. The molecule has 2 unspecified atom stereocenters. The van der Waals surface area contributed by atoms with E-state index in [-0.39, 0.29) is 12.0 Å². The number of para-hydroxylation sites is 1. The minimum Gasteiger partial charge on any atom is -0.480 e. The Morgan fingerprint density at radius 3 is 2.56 bits per heavy atom. The van der Waals surface area contributed by atoms with Crippen LogP contribution in [0.1, 0.15) is 17.9 Å². The third-order valence-corrected chi connectivity index (χ3v) is 2.92. The molecule has 1 aromatic carbocycles. The summed E-state index contributed by atoms with van der Waals surface area (Å²) < 4.78 is 40.4. The average molecular weight is 261 g/mol. The van der Waals surface area contributed by atoms with E-state index in [1.54, 1.807) is 0 Å². The van der Waals surface area contributed by atoms with Crippen molar-refractivity contribution in [2.24, 2.45) is 5.73 Å². The number of ether oxygens (including phenoxy) is 1. The van der Waals surface area contributed by atoms with Gasteiger partial charge in [0.1, 0.15) is 11.3 Å². The van der Waals surface area contributed by atoms with Gasteiger partial charge in [-0.05, 0) is 12.5 Å². The van der Waals surface area contributed by atoms with Gasteiger partial charge in [0.2, 0.25) is 0 Å². The van der Waals surface area contributed by atoms with E-state index in [4.69, 9.17) is 10.8 Å². The van der Waals surface area contributed by atoms with Gasteiger partial charge in [-0.25, -0.2) is 0 Å². The van der Waals surface area contributed by atoms with Gasteiger partial charge in [0.25, 0.3) is 0 Å². The molecule has 4 nitrogen and oxygen atoms in total. The number of hydrogen-bond donors (Lipinski definition) is 2. The van der Waals surface area contributed by atoms with Crippen LogP contribution in [0.25, 0.3) is 0 Å². The molecule has 1 aliphatic carbocycles. The van der Waals surface area contributed by atoms with Crippen molar-refractivity contribution in [3.8, 4) is 5.75 Å². The van der Waals surface area contributed by atoms with Gasteiger partial charge in [0.15, 0.2) is 0 Å². The number of alkyl halides is 3. The lowest BCUT2D eigenvalue weighted by molar-refractivity contribution is -0.274. The molecular weight excluding hydrogens is 251 g/mol. The summed E-state index contributed by atoms with van der Waals surface area (Å²) in [5, 5.41) is 8.88. The molecule has 0 saturated heterocycles. The topological polar surface area (TPSA) is 72.6 Å². The molecule has 2 rings (SSSR count).